The van der Waals surface area contributed by atoms with Crippen molar-refractivity contribution in [2.24, 2.45) is 0 Å². The molecule has 38 heavy (non-hydrogen) atoms. The summed E-state index contributed by atoms with van der Waals surface area (Å²) in [7, 11) is -3.89. The highest BCUT2D eigenvalue weighted by Crippen LogP contribution is 2.58. The number of anilines is 1. The number of nitrogens with zero attached hydrogens (tertiary/aromatic N) is 2. The van der Waals surface area contributed by atoms with Gasteiger partial charge in [0.1, 0.15) is 0 Å². The predicted octanol–water partition coefficient (Wildman–Crippen LogP) is 6.38. The van der Waals surface area contributed by atoms with Gasteiger partial charge in [0.2, 0.25) is 15.9 Å². The molecule has 0 N–H and O–H groups in total. The fourth-order valence-corrected chi connectivity index (χ4v) is 8.16. The van der Waals surface area contributed by atoms with Crippen LogP contribution in [0.3, 0.4) is 0 Å². The Morgan fingerprint density at radius 2 is 1.53 bits per heavy atom. The molecule has 0 aliphatic carbocycles. The molecule has 0 unspecified atom stereocenters. The number of carbonyl (C=O) groups is 1. The van der Waals surface area contributed by atoms with E-state index in [0.717, 1.165) is 32.4 Å². The van der Waals surface area contributed by atoms with Crippen molar-refractivity contribution in [3.05, 3.63) is 130 Å². The Morgan fingerprint density at radius 3 is 2.26 bits per heavy atom. The first-order chi connectivity index (χ1) is 18.3. The third-order valence-corrected chi connectivity index (χ3v) is 10.4. The molecule has 1 fully saturated rings. The summed E-state index contributed by atoms with van der Waals surface area (Å²) in [5.41, 5.74) is 3.46. The van der Waals surface area contributed by atoms with E-state index in [-0.39, 0.29) is 17.3 Å². The van der Waals surface area contributed by atoms with Gasteiger partial charge in [-0.25, -0.2) is 8.42 Å². The molecular formula is C31H27BrN2O3S. The number of amides is 1. The summed E-state index contributed by atoms with van der Waals surface area (Å²) in [6.07, 6.45) is 0.394. The van der Waals surface area contributed by atoms with Crippen LogP contribution < -0.4 is 4.90 Å². The zero-order valence-electron chi connectivity index (χ0n) is 20.9. The van der Waals surface area contributed by atoms with Gasteiger partial charge in [0.05, 0.1) is 22.9 Å². The summed E-state index contributed by atoms with van der Waals surface area (Å²) >= 11 is 3.68. The molecule has 1 spiro atoms. The van der Waals surface area contributed by atoms with Gasteiger partial charge in [-0.2, -0.15) is 4.31 Å². The zero-order chi connectivity index (χ0) is 26.5. The molecule has 0 radical (unpaired) electrons. The van der Waals surface area contributed by atoms with E-state index in [9.17, 15) is 13.2 Å². The van der Waals surface area contributed by atoms with Crippen LogP contribution in [0.2, 0.25) is 0 Å². The molecule has 0 aromatic heterocycles. The first-order valence-corrected chi connectivity index (χ1v) is 14.9. The van der Waals surface area contributed by atoms with Crippen LogP contribution in [-0.4, -0.2) is 25.2 Å². The van der Waals surface area contributed by atoms with E-state index < -0.39 is 21.5 Å². The number of fused-ring (bicyclic) bond motifs is 2. The van der Waals surface area contributed by atoms with Crippen LogP contribution in [0, 0.1) is 6.92 Å². The van der Waals surface area contributed by atoms with Gasteiger partial charge in [-0.3, -0.25) is 4.79 Å². The summed E-state index contributed by atoms with van der Waals surface area (Å²) < 4.78 is 30.6. The van der Waals surface area contributed by atoms with E-state index in [4.69, 9.17) is 0 Å². The van der Waals surface area contributed by atoms with Crippen LogP contribution in [0.1, 0.15) is 34.7 Å². The van der Waals surface area contributed by atoms with Gasteiger partial charge in [-0.05, 0) is 54.3 Å². The standard InChI is InChI=1S/C31H27BrN2O3S/c1-22-15-17-24(18-16-22)38(36,37)34-20-19-31(29(34)25-11-5-7-13-27(25)32)26-12-6-8-14-28(26)33(30(31)35)21-23-9-3-2-4-10-23/h2-18,29H,19-21H2,1H3/t29-,31+/m1/s1. The number of rotatable bonds is 5. The fourth-order valence-electron chi connectivity index (χ4n) is 6.00. The molecule has 2 heterocycles. The lowest BCUT2D eigenvalue weighted by molar-refractivity contribution is -0.124. The van der Waals surface area contributed by atoms with E-state index in [0.29, 0.717) is 13.0 Å². The summed E-state index contributed by atoms with van der Waals surface area (Å²) in [5, 5.41) is 0. The van der Waals surface area contributed by atoms with E-state index in [1.54, 1.807) is 16.4 Å². The summed E-state index contributed by atoms with van der Waals surface area (Å²) in [5.74, 6) is -0.0649. The number of benzene rings is 4. The molecule has 1 amide bonds. The Kier molecular flexibility index (Phi) is 6.25. The van der Waals surface area contributed by atoms with Gasteiger partial charge in [0.25, 0.3) is 0 Å². The third-order valence-electron chi connectivity index (χ3n) is 7.79. The zero-order valence-corrected chi connectivity index (χ0v) is 23.3. The smallest absolute Gasteiger partial charge is 0.243 e. The third kappa shape index (κ3) is 3.83. The van der Waals surface area contributed by atoms with E-state index in [1.165, 1.54) is 0 Å². The van der Waals surface area contributed by atoms with E-state index in [2.05, 4.69) is 15.9 Å². The van der Waals surface area contributed by atoms with Crippen LogP contribution in [-0.2, 0) is 26.8 Å². The highest BCUT2D eigenvalue weighted by molar-refractivity contribution is 9.10. The molecule has 0 saturated carbocycles. The number of halogens is 1. The first-order valence-electron chi connectivity index (χ1n) is 12.6. The van der Waals surface area contributed by atoms with Gasteiger partial charge < -0.3 is 4.90 Å². The number of para-hydroxylation sites is 1. The maximum absolute atomic E-state index is 14.6. The second-order valence-corrected chi connectivity index (χ2v) is 12.7. The largest absolute Gasteiger partial charge is 0.307 e. The van der Waals surface area contributed by atoms with Crippen LogP contribution >= 0.6 is 15.9 Å². The molecule has 1 saturated heterocycles. The van der Waals surface area contributed by atoms with Crippen molar-refractivity contribution < 1.29 is 13.2 Å². The lowest BCUT2D eigenvalue weighted by atomic mass is 9.73. The van der Waals surface area contributed by atoms with Gasteiger partial charge in [0.15, 0.2) is 0 Å². The maximum atomic E-state index is 14.6. The van der Waals surface area contributed by atoms with Crippen molar-refractivity contribution in [2.75, 3.05) is 11.4 Å². The van der Waals surface area contributed by atoms with Crippen LogP contribution in [0.5, 0.6) is 0 Å². The fraction of sp³-hybridized carbons (Fsp3) is 0.194. The molecule has 192 valence electrons. The van der Waals surface area contributed by atoms with Crippen molar-refractivity contribution in [1.29, 1.82) is 0 Å². The molecule has 4 aromatic rings. The lowest BCUT2D eigenvalue weighted by Gasteiger charge is -2.35. The second-order valence-electron chi connectivity index (χ2n) is 9.97. The van der Waals surface area contributed by atoms with E-state index >= 15 is 0 Å². The van der Waals surface area contributed by atoms with Crippen molar-refractivity contribution in [3.63, 3.8) is 0 Å². The Balaban J connectivity index is 1.54. The summed E-state index contributed by atoms with van der Waals surface area (Å²) in [4.78, 5) is 16.7. The minimum absolute atomic E-state index is 0.0649. The second kappa shape index (κ2) is 9.49. The van der Waals surface area contributed by atoms with Crippen molar-refractivity contribution in [2.45, 2.75) is 36.2 Å². The minimum atomic E-state index is -3.89. The molecule has 6 rings (SSSR count). The number of sulfonamides is 1. The predicted molar refractivity (Wildman–Crippen MR) is 152 cm³/mol. The summed E-state index contributed by atoms with van der Waals surface area (Å²) in [6.45, 7) is 2.59. The van der Waals surface area contributed by atoms with Crippen molar-refractivity contribution in [3.8, 4) is 0 Å². The molecule has 5 nitrogen and oxygen atoms in total. The van der Waals surface area contributed by atoms with Crippen LogP contribution in [0.15, 0.2) is 112 Å². The van der Waals surface area contributed by atoms with Crippen molar-refractivity contribution >= 4 is 37.5 Å². The Bertz CT molecular complexity index is 1620. The molecule has 4 aromatic carbocycles. The molecule has 0 bridgehead atoms. The van der Waals surface area contributed by atoms with Crippen LogP contribution in [0.4, 0.5) is 5.69 Å². The Morgan fingerprint density at radius 1 is 0.868 bits per heavy atom. The first kappa shape index (κ1) is 25.0. The monoisotopic (exact) mass is 586 g/mol. The van der Waals surface area contributed by atoms with Gasteiger partial charge in [0, 0.05) is 16.7 Å². The highest BCUT2D eigenvalue weighted by atomic mass is 79.9. The number of hydrogen-bond donors (Lipinski definition) is 0. The molecule has 2 aliphatic rings. The molecular weight excluding hydrogens is 560 g/mol. The lowest BCUT2D eigenvalue weighted by Crippen LogP contribution is -2.45. The van der Waals surface area contributed by atoms with Crippen molar-refractivity contribution in [1.82, 2.24) is 4.31 Å². The average Bonchev–Trinajstić information content (AvgIpc) is 3.44. The van der Waals surface area contributed by atoms with Gasteiger partial charge >= 0.3 is 0 Å². The topological polar surface area (TPSA) is 57.7 Å². The maximum Gasteiger partial charge on any atom is 0.243 e. The quantitative estimate of drug-likeness (QED) is 0.273. The van der Waals surface area contributed by atoms with Gasteiger partial charge in [-0.15, -0.1) is 0 Å². The number of hydrogen-bond acceptors (Lipinski definition) is 3. The number of aryl methyl sites for hydroxylation is 1. The molecule has 2 aliphatic heterocycles. The summed E-state index contributed by atoms with van der Waals surface area (Å²) in [6, 6.07) is 31.6. The SMILES string of the molecule is Cc1ccc(S(=O)(=O)N2CC[C@@]3(C(=O)N(Cc4ccccc4)c4ccccc43)[C@H]2c2ccccc2Br)cc1. The average molecular weight is 588 g/mol. The molecule has 2 atom stereocenters. The minimum Gasteiger partial charge on any atom is -0.307 e. The molecule has 7 heteroatoms. The Labute approximate surface area is 231 Å². The van der Waals surface area contributed by atoms with E-state index in [1.807, 2.05) is 103 Å². The van der Waals surface area contributed by atoms with Gasteiger partial charge in [-0.1, -0.05) is 100 Å². The number of carbonyl (C=O) groups excluding carboxylic acids is 1. The normalized spacial score (nSPS) is 21.3. The van der Waals surface area contributed by atoms with Crippen LogP contribution in [0.25, 0.3) is 0 Å². The Hall–Kier alpha value is -3.26. The highest BCUT2D eigenvalue weighted by Gasteiger charge is 2.63.